The van der Waals surface area contributed by atoms with Crippen LogP contribution < -0.4 is 0 Å². The Bertz CT molecular complexity index is 888. The van der Waals surface area contributed by atoms with Crippen LogP contribution in [-0.2, 0) is 13.5 Å². The lowest BCUT2D eigenvalue weighted by atomic mass is 9.89. The number of carbonyl (C=O) groups excluding carboxylic acids is 1. The number of benzene rings is 1. The number of pyridine rings is 1. The molecule has 0 radical (unpaired) electrons. The van der Waals surface area contributed by atoms with Crippen LogP contribution in [0.15, 0.2) is 48.9 Å². The molecule has 5 nitrogen and oxygen atoms in total. The summed E-state index contributed by atoms with van der Waals surface area (Å²) in [5.41, 5.74) is 3.10. The van der Waals surface area contributed by atoms with Crippen LogP contribution in [0.3, 0.4) is 0 Å². The first kappa shape index (κ1) is 15.8. The third-order valence-corrected chi connectivity index (χ3v) is 5.08. The molecule has 128 valence electrons. The van der Waals surface area contributed by atoms with Crippen LogP contribution >= 0.6 is 0 Å². The summed E-state index contributed by atoms with van der Waals surface area (Å²) in [6.07, 6.45) is 8.40. The van der Waals surface area contributed by atoms with E-state index in [4.69, 9.17) is 0 Å². The lowest BCUT2D eigenvalue weighted by molar-refractivity contribution is 0.0690. The topological polar surface area (TPSA) is 51.0 Å². The number of piperidine rings is 1. The fourth-order valence-electron chi connectivity index (χ4n) is 3.70. The van der Waals surface area contributed by atoms with E-state index in [2.05, 4.69) is 34.3 Å². The van der Waals surface area contributed by atoms with Crippen LogP contribution in [0, 0.1) is 5.92 Å². The number of hydrogen-bond acceptors (Lipinski definition) is 3. The van der Waals surface area contributed by atoms with Gasteiger partial charge in [-0.2, -0.15) is 5.10 Å². The molecule has 4 rings (SSSR count). The maximum atomic E-state index is 12.5. The number of fused-ring (bicyclic) bond motifs is 1. The fourth-order valence-corrected chi connectivity index (χ4v) is 3.70. The molecule has 0 atom stereocenters. The molecule has 1 aliphatic rings. The molecule has 2 aromatic heterocycles. The van der Waals surface area contributed by atoms with Gasteiger partial charge in [0.15, 0.2) is 0 Å². The number of rotatable bonds is 3. The van der Waals surface area contributed by atoms with Gasteiger partial charge in [0.1, 0.15) is 0 Å². The summed E-state index contributed by atoms with van der Waals surface area (Å²) in [7, 11) is 1.83. The Balaban J connectivity index is 1.41. The van der Waals surface area contributed by atoms with Crippen molar-refractivity contribution in [1.29, 1.82) is 0 Å². The smallest absolute Gasteiger partial charge is 0.257 e. The second kappa shape index (κ2) is 6.67. The van der Waals surface area contributed by atoms with Gasteiger partial charge in [-0.25, -0.2) is 0 Å². The van der Waals surface area contributed by atoms with Crippen molar-refractivity contribution < 1.29 is 4.79 Å². The van der Waals surface area contributed by atoms with Crippen molar-refractivity contribution in [2.45, 2.75) is 19.3 Å². The normalized spacial score (nSPS) is 15.6. The first-order valence-corrected chi connectivity index (χ1v) is 8.81. The minimum atomic E-state index is 0.0957. The lowest BCUT2D eigenvalue weighted by Crippen LogP contribution is -2.38. The summed E-state index contributed by atoms with van der Waals surface area (Å²) in [5, 5.41) is 5.29. The van der Waals surface area contributed by atoms with Gasteiger partial charge in [-0.05, 0) is 36.8 Å². The second-order valence-electron chi connectivity index (χ2n) is 6.83. The fraction of sp³-hybridized carbons (Fsp3) is 0.350. The van der Waals surface area contributed by atoms with E-state index in [0.29, 0.717) is 11.5 Å². The SMILES string of the molecule is Cn1cc(C(=O)N2CCC(Cc3cccc4cccnc34)CC2)cn1. The van der Waals surface area contributed by atoms with Gasteiger partial charge < -0.3 is 4.90 Å². The van der Waals surface area contributed by atoms with Crippen LogP contribution in [0.1, 0.15) is 28.8 Å². The first-order valence-electron chi connectivity index (χ1n) is 8.81. The quantitative estimate of drug-likeness (QED) is 0.740. The van der Waals surface area contributed by atoms with Crippen molar-refractivity contribution in [3.05, 3.63) is 60.0 Å². The number of nitrogens with zero attached hydrogens (tertiary/aromatic N) is 4. The number of carbonyl (C=O) groups is 1. The second-order valence-corrected chi connectivity index (χ2v) is 6.83. The predicted molar refractivity (Wildman–Crippen MR) is 97.3 cm³/mol. The van der Waals surface area contributed by atoms with Crippen LogP contribution in [-0.4, -0.2) is 38.7 Å². The van der Waals surface area contributed by atoms with E-state index in [1.165, 1.54) is 10.9 Å². The van der Waals surface area contributed by atoms with Gasteiger partial charge in [-0.3, -0.25) is 14.5 Å². The summed E-state index contributed by atoms with van der Waals surface area (Å²) in [5.74, 6) is 0.698. The Kier molecular flexibility index (Phi) is 4.22. The van der Waals surface area contributed by atoms with Crippen LogP contribution in [0.2, 0.25) is 0 Å². The highest BCUT2D eigenvalue weighted by molar-refractivity contribution is 5.93. The summed E-state index contributed by atoms with van der Waals surface area (Å²) in [4.78, 5) is 19.0. The standard InChI is InChI=1S/C20H22N4O/c1-23-14-18(13-22-23)20(25)24-10-7-15(8-11-24)12-17-5-2-4-16-6-3-9-21-19(16)17/h2-6,9,13-15H,7-8,10-12H2,1H3. The van der Waals surface area contributed by atoms with Crippen LogP contribution in [0.4, 0.5) is 0 Å². The number of aromatic nitrogens is 3. The summed E-state index contributed by atoms with van der Waals surface area (Å²) in [6, 6.07) is 10.5. The molecule has 1 saturated heterocycles. The Labute approximate surface area is 147 Å². The highest BCUT2D eigenvalue weighted by atomic mass is 16.2. The average molecular weight is 334 g/mol. The molecule has 0 aliphatic carbocycles. The number of likely N-dealkylation sites (tertiary alicyclic amines) is 1. The summed E-state index contributed by atoms with van der Waals surface area (Å²) < 4.78 is 1.67. The zero-order valence-electron chi connectivity index (χ0n) is 14.4. The van der Waals surface area contributed by atoms with Crippen molar-refractivity contribution in [3.8, 4) is 0 Å². The van der Waals surface area contributed by atoms with Crippen molar-refractivity contribution in [1.82, 2.24) is 19.7 Å². The molecule has 1 aliphatic heterocycles. The monoisotopic (exact) mass is 334 g/mol. The predicted octanol–water partition coefficient (Wildman–Crippen LogP) is 3.06. The first-order chi connectivity index (χ1) is 12.2. The van der Waals surface area contributed by atoms with Gasteiger partial charge in [0.2, 0.25) is 0 Å². The molecule has 0 spiro atoms. The number of amides is 1. The van der Waals surface area contributed by atoms with Crippen molar-refractivity contribution in [2.24, 2.45) is 13.0 Å². The Morgan fingerprint density at radius 3 is 2.76 bits per heavy atom. The highest BCUT2D eigenvalue weighted by Gasteiger charge is 2.24. The van der Waals surface area contributed by atoms with Crippen molar-refractivity contribution in [3.63, 3.8) is 0 Å². The molecule has 5 heteroatoms. The van der Waals surface area contributed by atoms with E-state index in [1.807, 2.05) is 24.2 Å². The third kappa shape index (κ3) is 3.27. The molecule has 0 N–H and O–H groups in total. The van der Waals surface area contributed by atoms with Gasteiger partial charge >= 0.3 is 0 Å². The van der Waals surface area contributed by atoms with Gasteiger partial charge in [-0.1, -0.05) is 24.3 Å². The lowest BCUT2D eigenvalue weighted by Gasteiger charge is -2.32. The molecular weight excluding hydrogens is 312 g/mol. The Morgan fingerprint density at radius 1 is 1.20 bits per heavy atom. The van der Waals surface area contributed by atoms with E-state index < -0.39 is 0 Å². The largest absolute Gasteiger partial charge is 0.339 e. The molecule has 3 heterocycles. The zero-order chi connectivity index (χ0) is 17.2. The third-order valence-electron chi connectivity index (χ3n) is 5.08. The molecule has 1 fully saturated rings. The number of hydrogen-bond donors (Lipinski definition) is 0. The number of para-hydroxylation sites is 1. The van der Waals surface area contributed by atoms with E-state index in [0.717, 1.165) is 37.9 Å². The minimum Gasteiger partial charge on any atom is -0.339 e. The maximum Gasteiger partial charge on any atom is 0.257 e. The Morgan fingerprint density at radius 2 is 2.00 bits per heavy atom. The average Bonchev–Trinajstić information content (AvgIpc) is 3.08. The molecule has 1 aromatic carbocycles. The molecule has 25 heavy (non-hydrogen) atoms. The summed E-state index contributed by atoms with van der Waals surface area (Å²) >= 11 is 0. The Hall–Kier alpha value is -2.69. The van der Waals surface area contributed by atoms with Gasteiger partial charge in [0.25, 0.3) is 5.91 Å². The van der Waals surface area contributed by atoms with E-state index in [-0.39, 0.29) is 5.91 Å². The van der Waals surface area contributed by atoms with Gasteiger partial charge in [0.05, 0.1) is 17.3 Å². The highest BCUT2D eigenvalue weighted by Crippen LogP contribution is 2.26. The van der Waals surface area contributed by atoms with E-state index in [1.54, 1.807) is 17.1 Å². The molecule has 0 bridgehead atoms. The van der Waals surface area contributed by atoms with E-state index >= 15 is 0 Å². The summed E-state index contributed by atoms with van der Waals surface area (Å²) in [6.45, 7) is 1.63. The minimum absolute atomic E-state index is 0.0957. The van der Waals surface area contributed by atoms with E-state index in [9.17, 15) is 4.79 Å². The molecular formula is C20H22N4O. The molecule has 0 unspecified atom stereocenters. The van der Waals surface area contributed by atoms with Crippen LogP contribution in [0.5, 0.6) is 0 Å². The van der Waals surface area contributed by atoms with Gasteiger partial charge in [-0.15, -0.1) is 0 Å². The molecule has 1 amide bonds. The zero-order valence-corrected chi connectivity index (χ0v) is 14.4. The van der Waals surface area contributed by atoms with Gasteiger partial charge in [0, 0.05) is 37.9 Å². The molecule has 0 saturated carbocycles. The maximum absolute atomic E-state index is 12.5. The van der Waals surface area contributed by atoms with Crippen molar-refractivity contribution in [2.75, 3.05) is 13.1 Å². The molecule has 3 aromatic rings. The van der Waals surface area contributed by atoms with Crippen LogP contribution in [0.25, 0.3) is 10.9 Å². The van der Waals surface area contributed by atoms with Crippen molar-refractivity contribution >= 4 is 16.8 Å². The number of aryl methyl sites for hydroxylation is 1.